The van der Waals surface area contributed by atoms with E-state index in [1.165, 1.54) is 6.20 Å². The Bertz CT molecular complexity index is 355. The van der Waals surface area contributed by atoms with E-state index < -0.39 is 5.95 Å². The molecule has 3 nitrogen and oxygen atoms in total. The second kappa shape index (κ2) is 1.76. The van der Waals surface area contributed by atoms with Gasteiger partial charge in [0.1, 0.15) is 0 Å². The standard InChI is InChI=1S/C6H4FN3/c7-5-4-8-6-2-1-3-9-10(5)6/h1-4H. The Hall–Kier alpha value is -1.45. The fraction of sp³-hybridized carbons (Fsp3) is 0. The Kier molecular flexibility index (Phi) is 0.943. The third-order valence-corrected chi connectivity index (χ3v) is 1.24. The smallest absolute Gasteiger partial charge is 0.232 e. The topological polar surface area (TPSA) is 30.2 Å². The van der Waals surface area contributed by atoms with Crippen molar-refractivity contribution in [2.75, 3.05) is 0 Å². The largest absolute Gasteiger partial charge is 0.234 e. The van der Waals surface area contributed by atoms with Crippen molar-refractivity contribution in [3.8, 4) is 0 Å². The molecule has 0 aliphatic rings. The summed E-state index contributed by atoms with van der Waals surface area (Å²) in [7, 11) is 0. The molecular weight excluding hydrogens is 133 g/mol. The van der Waals surface area contributed by atoms with E-state index >= 15 is 0 Å². The van der Waals surface area contributed by atoms with Crippen molar-refractivity contribution in [1.82, 2.24) is 14.6 Å². The van der Waals surface area contributed by atoms with Crippen LogP contribution in [0.1, 0.15) is 0 Å². The minimum Gasteiger partial charge on any atom is -0.232 e. The number of fused-ring (bicyclic) bond motifs is 1. The summed E-state index contributed by atoms with van der Waals surface area (Å²) >= 11 is 0. The minimum atomic E-state index is -0.435. The Morgan fingerprint density at radius 2 is 2.40 bits per heavy atom. The molecule has 2 aromatic heterocycles. The van der Waals surface area contributed by atoms with Crippen LogP contribution < -0.4 is 0 Å². The third kappa shape index (κ3) is 0.586. The molecule has 0 saturated heterocycles. The van der Waals surface area contributed by atoms with Gasteiger partial charge < -0.3 is 0 Å². The van der Waals surface area contributed by atoms with Crippen molar-refractivity contribution in [1.29, 1.82) is 0 Å². The summed E-state index contributed by atoms with van der Waals surface area (Å²) in [5.41, 5.74) is 0.528. The summed E-state index contributed by atoms with van der Waals surface area (Å²) in [6.07, 6.45) is 2.65. The van der Waals surface area contributed by atoms with E-state index in [4.69, 9.17) is 0 Å². The lowest BCUT2D eigenvalue weighted by Gasteiger charge is -1.87. The molecule has 4 heteroatoms. The highest BCUT2D eigenvalue weighted by atomic mass is 19.1. The van der Waals surface area contributed by atoms with Gasteiger partial charge in [0.05, 0.1) is 6.20 Å². The van der Waals surface area contributed by atoms with Crippen molar-refractivity contribution in [2.24, 2.45) is 0 Å². The van der Waals surface area contributed by atoms with Crippen LogP contribution in [0, 0.1) is 5.95 Å². The molecule has 0 unspecified atom stereocenters. The van der Waals surface area contributed by atoms with Crippen LogP contribution in [0.2, 0.25) is 0 Å². The molecule has 0 atom stereocenters. The van der Waals surface area contributed by atoms with E-state index in [0.717, 1.165) is 10.7 Å². The molecule has 2 rings (SSSR count). The Morgan fingerprint density at radius 3 is 3.20 bits per heavy atom. The summed E-state index contributed by atoms with van der Waals surface area (Å²) in [6, 6.07) is 3.40. The molecule has 0 bridgehead atoms. The van der Waals surface area contributed by atoms with Gasteiger partial charge >= 0.3 is 0 Å². The monoisotopic (exact) mass is 137 g/mol. The summed E-state index contributed by atoms with van der Waals surface area (Å²) < 4.78 is 13.7. The zero-order valence-corrected chi connectivity index (χ0v) is 5.03. The number of hydrogen-bond donors (Lipinski definition) is 0. The molecule has 0 N–H and O–H groups in total. The van der Waals surface area contributed by atoms with E-state index in [9.17, 15) is 4.39 Å². The summed E-state index contributed by atoms with van der Waals surface area (Å²) in [5, 5.41) is 3.72. The maximum absolute atomic E-state index is 12.6. The average molecular weight is 137 g/mol. The molecule has 50 valence electrons. The lowest BCUT2D eigenvalue weighted by atomic mass is 10.6. The highest BCUT2D eigenvalue weighted by Gasteiger charge is 1.98. The molecule has 0 spiro atoms. The van der Waals surface area contributed by atoms with Gasteiger partial charge in [-0.2, -0.15) is 14.0 Å². The predicted molar refractivity (Wildman–Crippen MR) is 32.9 cm³/mol. The molecular formula is C6H4FN3. The molecule has 2 aromatic rings. The normalized spacial score (nSPS) is 10.5. The number of hydrogen-bond acceptors (Lipinski definition) is 2. The Balaban J connectivity index is 2.93. The van der Waals surface area contributed by atoms with Crippen LogP contribution in [-0.4, -0.2) is 14.6 Å². The molecule has 0 aliphatic carbocycles. The van der Waals surface area contributed by atoms with Gasteiger partial charge in [0.15, 0.2) is 5.65 Å². The molecule has 0 aliphatic heterocycles. The molecule has 0 fully saturated rings. The van der Waals surface area contributed by atoms with E-state index in [0.29, 0.717) is 5.65 Å². The van der Waals surface area contributed by atoms with Gasteiger partial charge in [0.2, 0.25) is 5.95 Å². The molecule has 0 saturated carbocycles. The van der Waals surface area contributed by atoms with Crippen molar-refractivity contribution in [2.45, 2.75) is 0 Å². The van der Waals surface area contributed by atoms with Crippen LogP contribution in [-0.2, 0) is 0 Å². The number of nitrogens with zero attached hydrogens (tertiary/aromatic N) is 3. The molecule has 0 radical (unpaired) electrons. The van der Waals surface area contributed by atoms with Crippen LogP contribution in [0.4, 0.5) is 4.39 Å². The fourth-order valence-electron chi connectivity index (χ4n) is 0.800. The first-order chi connectivity index (χ1) is 4.88. The molecule has 2 heterocycles. The van der Waals surface area contributed by atoms with Crippen LogP contribution in [0.15, 0.2) is 24.5 Å². The van der Waals surface area contributed by atoms with Crippen LogP contribution >= 0.6 is 0 Å². The Labute approximate surface area is 56.1 Å². The van der Waals surface area contributed by atoms with Gasteiger partial charge in [-0.25, -0.2) is 4.98 Å². The maximum Gasteiger partial charge on any atom is 0.234 e. The first-order valence-corrected chi connectivity index (χ1v) is 2.82. The van der Waals surface area contributed by atoms with E-state index in [2.05, 4.69) is 10.1 Å². The van der Waals surface area contributed by atoms with E-state index in [1.807, 2.05) is 0 Å². The van der Waals surface area contributed by atoms with Gasteiger partial charge in [-0.05, 0) is 12.1 Å². The fourth-order valence-corrected chi connectivity index (χ4v) is 0.800. The highest BCUT2D eigenvalue weighted by Crippen LogP contribution is 1.99. The first-order valence-electron chi connectivity index (χ1n) is 2.82. The van der Waals surface area contributed by atoms with Crippen molar-refractivity contribution in [3.63, 3.8) is 0 Å². The summed E-state index contributed by atoms with van der Waals surface area (Å²) in [4.78, 5) is 3.74. The lowest BCUT2D eigenvalue weighted by molar-refractivity contribution is 0.549. The average Bonchev–Trinajstić information content (AvgIpc) is 2.34. The zero-order valence-electron chi connectivity index (χ0n) is 5.03. The maximum atomic E-state index is 12.6. The predicted octanol–water partition coefficient (Wildman–Crippen LogP) is 0.868. The van der Waals surface area contributed by atoms with Gasteiger partial charge in [0.25, 0.3) is 0 Å². The van der Waals surface area contributed by atoms with Crippen LogP contribution in [0.3, 0.4) is 0 Å². The third-order valence-electron chi connectivity index (χ3n) is 1.24. The summed E-state index contributed by atoms with van der Waals surface area (Å²) in [5.74, 6) is -0.435. The van der Waals surface area contributed by atoms with Crippen molar-refractivity contribution < 1.29 is 4.39 Å². The molecule has 0 amide bonds. The SMILES string of the molecule is Fc1cnc2cccnn12. The number of rotatable bonds is 0. The molecule has 10 heavy (non-hydrogen) atoms. The first kappa shape index (κ1) is 5.34. The van der Waals surface area contributed by atoms with Gasteiger partial charge in [-0.3, -0.25) is 0 Å². The number of imidazole rings is 1. The van der Waals surface area contributed by atoms with Gasteiger partial charge in [0, 0.05) is 6.20 Å². The van der Waals surface area contributed by atoms with Crippen molar-refractivity contribution >= 4 is 5.65 Å². The van der Waals surface area contributed by atoms with E-state index in [1.54, 1.807) is 12.1 Å². The van der Waals surface area contributed by atoms with Crippen LogP contribution in [0.5, 0.6) is 0 Å². The lowest BCUT2D eigenvalue weighted by Crippen LogP contribution is -1.91. The number of aromatic nitrogens is 3. The second-order valence-corrected chi connectivity index (χ2v) is 1.87. The minimum absolute atomic E-state index is 0.435. The quantitative estimate of drug-likeness (QED) is 0.539. The van der Waals surface area contributed by atoms with Gasteiger partial charge in [-0.15, -0.1) is 0 Å². The summed E-state index contributed by atoms with van der Waals surface area (Å²) in [6.45, 7) is 0. The van der Waals surface area contributed by atoms with E-state index in [-0.39, 0.29) is 0 Å². The Morgan fingerprint density at radius 1 is 1.50 bits per heavy atom. The molecule has 0 aromatic carbocycles. The second-order valence-electron chi connectivity index (χ2n) is 1.87. The number of halogens is 1. The van der Waals surface area contributed by atoms with Crippen molar-refractivity contribution in [3.05, 3.63) is 30.5 Å². The highest BCUT2D eigenvalue weighted by molar-refractivity contribution is 5.34. The van der Waals surface area contributed by atoms with Gasteiger partial charge in [-0.1, -0.05) is 0 Å². The zero-order chi connectivity index (χ0) is 6.97. The van der Waals surface area contributed by atoms with Crippen LogP contribution in [0.25, 0.3) is 5.65 Å².